The molecule has 1 unspecified atom stereocenters. The number of hydrogen-bond donors (Lipinski definition) is 2. The van der Waals surface area contributed by atoms with E-state index in [9.17, 15) is 14.7 Å². The fourth-order valence-electron chi connectivity index (χ4n) is 6.90. The van der Waals surface area contributed by atoms with E-state index in [1.54, 1.807) is 0 Å². The van der Waals surface area contributed by atoms with Gasteiger partial charge in [0, 0.05) is 26.2 Å². The summed E-state index contributed by atoms with van der Waals surface area (Å²) in [5.74, 6) is 0.768. The molecule has 7 heteroatoms. The predicted molar refractivity (Wildman–Crippen MR) is 161 cm³/mol. The number of aliphatic hydroxyl groups excluding tert-OH is 1. The Morgan fingerprint density at radius 3 is 2.25 bits per heavy atom. The molecule has 0 radical (unpaired) electrons. The first kappa shape index (κ1) is 30.5. The second-order valence-corrected chi connectivity index (χ2v) is 12.0. The highest BCUT2D eigenvalue weighted by molar-refractivity contribution is 6.00. The normalized spacial score (nSPS) is 22.6. The molecule has 0 bridgehead atoms. The summed E-state index contributed by atoms with van der Waals surface area (Å²) in [4.78, 5) is 31.8. The van der Waals surface area contributed by atoms with Gasteiger partial charge in [0.15, 0.2) is 0 Å². The van der Waals surface area contributed by atoms with Crippen LogP contribution < -0.4 is 5.32 Å². The molecule has 2 aliphatic heterocycles. The average Bonchev–Trinajstić information content (AvgIpc) is 2.98. The molecule has 2 N–H and O–H groups in total. The topological polar surface area (TPSA) is 72.9 Å². The number of nitrogens with one attached hydrogen (secondary N) is 1. The van der Waals surface area contributed by atoms with Gasteiger partial charge in [-0.15, -0.1) is 12.4 Å². The Labute approximate surface area is 245 Å². The quantitative estimate of drug-likeness (QED) is 0.412. The van der Waals surface area contributed by atoms with Crippen molar-refractivity contribution in [3.63, 3.8) is 0 Å². The van der Waals surface area contributed by atoms with Gasteiger partial charge in [-0.1, -0.05) is 100 Å². The van der Waals surface area contributed by atoms with Crippen molar-refractivity contribution in [2.45, 2.75) is 95.4 Å². The van der Waals surface area contributed by atoms with Gasteiger partial charge in [-0.2, -0.15) is 0 Å². The molecule has 2 atom stereocenters. The summed E-state index contributed by atoms with van der Waals surface area (Å²) in [6, 6.07) is 17.5. The first-order chi connectivity index (χ1) is 19.0. The molecule has 2 heterocycles. The maximum Gasteiger partial charge on any atom is 0.246 e. The number of nitrogens with zero attached hydrogens (tertiary/aromatic N) is 2. The van der Waals surface area contributed by atoms with E-state index in [2.05, 4.69) is 29.3 Å². The van der Waals surface area contributed by atoms with Crippen LogP contribution in [0.15, 0.2) is 54.6 Å². The smallest absolute Gasteiger partial charge is 0.246 e. The maximum absolute atomic E-state index is 13.8. The van der Waals surface area contributed by atoms with E-state index < -0.39 is 11.6 Å². The minimum atomic E-state index is -0.713. The van der Waals surface area contributed by atoms with E-state index in [-0.39, 0.29) is 30.3 Å². The van der Waals surface area contributed by atoms with E-state index >= 15 is 0 Å². The molecule has 1 saturated carbocycles. The van der Waals surface area contributed by atoms with E-state index in [0.717, 1.165) is 50.0 Å². The van der Waals surface area contributed by atoms with Gasteiger partial charge in [0.1, 0.15) is 17.7 Å². The van der Waals surface area contributed by atoms with Crippen LogP contribution in [0.2, 0.25) is 0 Å². The van der Waals surface area contributed by atoms with Crippen molar-refractivity contribution >= 4 is 24.2 Å². The van der Waals surface area contributed by atoms with Gasteiger partial charge in [-0.05, 0) is 48.3 Å². The number of aliphatic hydroxyl groups is 1. The van der Waals surface area contributed by atoms with E-state index in [0.29, 0.717) is 25.3 Å². The van der Waals surface area contributed by atoms with Gasteiger partial charge >= 0.3 is 0 Å². The van der Waals surface area contributed by atoms with Gasteiger partial charge in [-0.25, -0.2) is 0 Å². The Hall–Kier alpha value is -2.41. The number of piperazine rings is 1. The fourth-order valence-corrected chi connectivity index (χ4v) is 6.90. The number of likely N-dealkylation sites (tertiary alicyclic amines) is 1. The van der Waals surface area contributed by atoms with Crippen LogP contribution in [-0.4, -0.2) is 57.9 Å². The highest BCUT2D eigenvalue weighted by atomic mass is 35.5. The zero-order chi connectivity index (χ0) is 27.2. The molecule has 1 aliphatic carbocycles. The molecule has 3 fully saturated rings. The van der Waals surface area contributed by atoms with E-state index in [4.69, 9.17) is 0 Å². The molecular weight excluding hydrogens is 522 g/mol. The standard InChI is InChI=1S/C33H45N3O3.ClH/c1-2-3-20-36-31(38)29(23-25-10-6-4-7-11-25)34-32(39)33(36)18-21-35(22-19-33)24-26-14-16-28(17-15-26)30(37)27-12-8-5-9-13-27;/h5,8-9,12-17,25,29-30,37H,2-4,6-7,10-11,18-24H2,1H3,(H,34,39);1H/t29-,30?;/m0./s1. The maximum atomic E-state index is 13.8. The van der Waals surface area contributed by atoms with Crippen molar-refractivity contribution in [2.24, 2.45) is 5.92 Å². The van der Waals surface area contributed by atoms with E-state index in [1.807, 2.05) is 47.4 Å². The monoisotopic (exact) mass is 567 g/mol. The summed E-state index contributed by atoms with van der Waals surface area (Å²) in [5.41, 5.74) is 2.25. The molecule has 1 spiro atoms. The first-order valence-corrected chi connectivity index (χ1v) is 15.2. The summed E-state index contributed by atoms with van der Waals surface area (Å²) >= 11 is 0. The van der Waals surface area contributed by atoms with Crippen molar-refractivity contribution in [3.8, 4) is 0 Å². The third-order valence-electron chi connectivity index (χ3n) is 9.34. The Morgan fingerprint density at radius 1 is 0.950 bits per heavy atom. The van der Waals surface area contributed by atoms with Crippen LogP contribution in [-0.2, 0) is 16.1 Å². The molecule has 2 aromatic rings. The van der Waals surface area contributed by atoms with Crippen molar-refractivity contribution in [1.29, 1.82) is 0 Å². The number of hydrogen-bond acceptors (Lipinski definition) is 4. The van der Waals surface area contributed by atoms with E-state index in [1.165, 1.54) is 37.7 Å². The minimum Gasteiger partial charge on any atom is -0.384 e. The predicted octanol–water partition coefficient (Wildman–Crippen LogP) is 5.62. The van der Waals surface area contributed by atoms with Crippen molar-refractivity contribution in [1.82, 2.24) is 15.1 Å². The summed E-state index contributed by atoms with van der Waals surface area (Å²) in [6.07, 6.45) is 9.61. The molecule has 40 heavy (non-hydrogen) atoms. The Bertz CT molecular complexity index is 1100. The summed E-state index contributed by atoms with van der Waals surface area (Å²) in [6.45, 7) is 5.19. The lowest BCUT2D eigenvalue weighted by atomic mass is 9.79. The third kappa shape index (κ3) is 6.72. The number of amides is 2. The van der Waals surface area contributed by atoms with Crippen LogP contribution in [0.5, 0.6) is 0 Å². The number of piperidine rings is 1. The van der Waals surface area contributed by atoms with Crippen LogP contribution in [0.4, 0.5) is 0 Å². The van der Waals surface area contributed by atoms with Gasteiger partial charge < -0.3 is 15.3 Å². The van der Waals surface area contributed by atoms with Crippen molar-refractivity contribution < 1.29 is 14.7 Å². The molecule has 2 aromatic carbocycles. The van der Waals surface area contributed by atoms with Gasteiger partial charge in [0.25, 0.3) is 0 Å². The number of unbranched alkanes of at least 4 members (excludes halogenated alkanes) is 1. The molecule has 3 aliphatic rings. The largest absolute Gasteiger partial charge is 0.384 e. The van der Waals surface area contributed by atoms with Crippen LogP contribution in [0, 0.1) is 5.92 Å². The molecular formula is C33H46ClN3O3. The van der Waals surface area contributed by atoms with Crippen molar-refractivity contribution in [3.05, 3.63) is 71.3 Å². The highest BCUT2D eigenvalue weighted by Gasteiger charge is 2.53. The third-order valence-corrected chi connectivity index (χ3v) is 9.34. The molecule has 2 saturated heterocycles. The molecule has 2 amide bonds. The lowest BCUT2D eigenvalue weighted by Gasteiger charge is -2.52. The van der Waals surface area contributed by atoms with Gasteiger partial charge in [0.05, 0.1) is 0 Å². The molecule has 218 valence electrons. The number of carbonyl (C=O) groups excluding carboxylic acids is 2. The molecule has 5 rings (SSSR count). The average molecular weight is 568 g/mol. The van der Waals surface area contributed by atoms with Crippen LogP contribution in [0.3, 0.4) is 0 Å². The van der Waals surface area contributed by atoms with Crippen LogP contribution in [0.1, 0.15) is 93.9 Å². The SMILES string of the molecule is CCCCN1C(=O)[C@H](CC2CCCCC2)NC(=O)C12CCN(Cc1ccc(C(O)c3ccccc3)cc1)CC2.Cl. The Kier molecular flexibility index (Phi) is 10.7. The number of halogens is 1. The fraction of sp³-hybridized carbons (Fsp3) is 0.576. The zero-order valence-electron chi connectivity index (χ0n) is 23.9. The summed E-state index contributed by atoms with van der Waals surface area (Å²) in [5, 5.41) is 13.9. The summed E-state index contributed by atoms with van der Waals surface area (Å²) < 4.78 is 0. The second kappa shape index (κ2) is 14.0. The number of benzene rings is 2. The van der Waals surface area contributed by atoms with Gasteiger partial charge in [0.2, 0.25) is 11.8 Å². The van der Waals surface area contributed by atoms with Gasteiger partial charge in [-0.3, -0.25) is 14.5 Å². The Balaban J connectivity index is 0.00000370. The number of carbonyl (C=O) groups is 2. The van der Waals surface area contributed by atoms with Crippen LogP contribution >= 0.6 is 12.4 Å². The first-order valence-electron chi connectivity index (χ1n) is 15.2. The molecule has 0 aromatic heterocycles. The Morgan fingerprint density at radius 2 is 1.60 bits per heavy atom. The highest BCUT2D eigenvalue weighted by Crippen LogP contribution is 2.36. The summed E-state index contributed by atoms with van der Waals surface area (Å²) in [7, 11) is 0. The minimum absolute atomic E-state index is 0. The van der Waals surface area contributed by atoms with Crippen molar-refractivity contribution in [2.75, 3.05) is 19.6 Å². The zero-order valence-corrected chi connectivity index (χ0v) is 24.7. The number of rotatable bonds is 9. The van der Waals surface area contributed by atoms with Crippen LogP contribution in [0.25, 0.3) is 0 Å². The lowest BCUT2D eigenvalue weighted by Crippen LogP contribution is -2.73. The second-order valence-electron chi connectivity index (χ2n) is 12.0. The lowest BCUT2D eigenvalue weighted by molar-refractivity contribution is -0.162. The molecule has 6 nitrogen and oxygen atoms in total.